The van der Waals surface area contributed by atoms with Crippen LogP contribution in [0.15, 0.2) is 18.2 Å². The molecule has 104 valence electrons. The highest BCUT2D eigenvalue weighted by Crippen LogP contribution is 2.14. The van der Waals surface area contributed by atoms with E-state index in [1.165, 1.54) is 25.0 Å². The summed E-state index contributed by atoms with van der Waals surface area (Å²) in [4.78, 5) is 14.1. The Labute approximate surface area is 117 Å². The Hall–Kier alpha value is -1.13. The summed E-state index contributed by atoms with van der Waals surface area (Å²) in [6, 6.07) is 4.08. The maximum atomic E-state index is 13.5. The number of benzene rings is 1. The van der Waals surface area contributed by atoms with Crippen LogP contribution in [0.2, 0.25) is 5.02 Å². The highest BCUT2D eigenvalue weighted by atomic mass is 35.5. The maximum Gasteiger partial charge on any atom is 0.254 e. The van der Waals surface area contributed by atoms with E-state index in [1.54, 1.807) is 0 Å². The van der Waals surface area contributed by atoms with E-state index in [1.807, 2.05) is 0 Å². The second-order valence-electron chi connectivity index (χ2n) is 4.78. The molecule has 1 aliphatic rings. The van der Waals surface area contributed by atoms with Crippen LogP contribution in [0.25, 0.3) is 0 Å². The van der Waals surface area contributed by atoms with Gasteiger partial charge in [0.2, 0.25) is 0 Å². The highest BCUT2D eigenvalue weighted by Gasteiger charge is 2.13. The lowest BCUT2D eigenvalue weighted by Gasteiger charge is -2.14. The van der Waals surface area contributed by atoms with Crippen molar-refractivity contribution in [2.75, 3.05) is 26.2 Å². The van der Waals surface area contributed by atoms with Crippen LogP contribution in [0, 0.1) is 5.82 Å². The first-order valence-electron chi connectivity index (χ1n) is 6.62. The van der Waals surface area contributed by atoms with Gasteiger partial charge in [-0.1, -0.05) is 11.6 Å². The zero-order chi connectivity index (χ0) is 13.7. The van der Waals surface area contributed by atoms with Gasteiger partial charge in [-0.25, -0.2) is 4.39 Å². The van der Waals surface area contributed by atoms with Crippen molar-refractivity contribution < 1.29 is 9.18 Å². The zero-order valence-electron chi connectivity index (χ0n) is 10.8. The van der Waals surface area contributed by atoms with Gasteiger partial charge < -0.3 is 10.2 Å². The number of hydrogen-bond acceptors (Lipinski definition) is 2. The average molecular weight is 285 g/mol. The van der Waals surface area contributed by atoms with Gasteiger partial charge in [0.05, 0.1) is 5.56 Å². The smallest absolute Gasteiger partial charge is 0.254 e. The van der Waals surface area contributed by atoms with Gasteiger partial charge in [-0.05, 0) is 57.1 Å². The molecular formula is C14H18ClFN2O. The molecule has 0 radical (unpaired) electrons. The van der Waals surface area contributed by atoms with Crippen LogP contribution in [0.3, 0.4) is 0 Å². The highest BCUT2D eigenvalue weighted by molar-refractivity contribution is 6.30. The van der Waals surface area contributed by atoms with E-state index in [9.17, 15) is 9.18 Å². The van der Waals surface area contributed by atoms with Crippen molar-refractivity contribution >= 4 is 17.5 Å². The fourth-order valence-electron chi connectivity index (χ4n) is 2.28. The number of carbonyl (C=O) groups excluding carboxylic acids is 1. The molecule has 1 fully saturated rings. The number of nitrogens with one attached hydrogen (secondary N) is 1. The molecule has 1 aromatic carbocycles. The monoisotopic (exact) mass is 284 g/mol. The molecular weight excluding hydrogens is 267 g/mol. The minimum absolute atomic E-state index is 0.0468. The lowest BCUT2D eigenvalue weighted by Crippen LogP contribution is -2.29. The summed E-state index contributed by atoms with van der Waals surface area (Å²) in [6.45, 7) is 3.86. The van der Waals surface area contributed by atoms with Crippen LogP contribution < -0.4 is 5.32 Å². The summed E-state index contributed by atoms with van der Waals surface area (Å²) < 4.78 is 13.5. The fourth-order valence-corrected chi connectivity index (χ4v) is 2.44. The van der Waals surface area contributed by atoms with Gasteiger partial charge in [-0.3, -0.25) is 4.79 Å². The normalized spacial score (nSPS) is 15.7. The lowest BCUT2D eigenvalue weighted by atomic mass is 10.2. The molecule has 0 aliphatic carbocycles. The van der Waals surface area contributed by atoms with Crippen molar-refractivity contribution in [2.45, 2.75) is 19.3 Å². The number of likely N-dealkylation sites (tertiary alicyclic amines) is 1. The first kappa shape index (κ1) is 14.3. The van der Waals surface area contributed by atoms with Gasteiger partial charge in [-0.15, -0.1) is 0 Å². The van der Waals surface area contributed by atoms with Crippen molar-refractivity contribution in [3.8, 4) is 0 Å². The van der Waals surface area contributed by atoms with Crippen LogP contribution in [-0.4, -0.2) is 37.0 Å². The molecule has 1 aliphatic heterocycles. The number of amides is 1. The Bertz CT molecular complexity index is 447. The largest absolute Gasteiger partial charge is 0.352 e. The standard InChI is InChI=1S/C14H18ClFN2O/c15-11-4-5-12(13(16)10-11)14(19)17-6-3-9-18-7-1-2-8-18/h4-5,10H,1-3,6-9H2,(H,17,19). The molecule has 19 heavy (non-hydrogen) atoms. The molecule has 3 nitrogen and oxygen atoms in total. The van der Waals surface area contributed by atoms with Crippen LogP contribution >= 0.6 is 11.6 Å². The SMILES string of the molecule is O=C(NCCCN1CCCC1)c1ccc(Cl)cc1F. The molecule has 0 aromatic heterocycles. The van der Waals surface area contributed by atoms with Crippen molar-refractivity contribution in [2.24, 2.45) is 0 Å². The second-order valence-corrected chi connectivity index (χ2v) is 5.22. The molecule has 1 N–H and O–H groups in total. The molecule has 0 saturated carbocycles. The number of halogens is 2. The first-order chi connectivity index (χ1) is 9.16. The Morgan fingerprint density at radius 1 is 1.37 bits per heavy atom. The Morgan fingerprint density at radius 2 is 2.11 bits per heavy atom. The maximum absolute atomic E-state index is 13.5. The van der Waals surface area contributed by atoms with Crippen LogP contribution in [-0.2, 0) is 0 Å². The Morgan fingerprint density at radius 3 is 2.79 bits per heavy atom. The molecule has 1 heterocycles. The molecule has 1 aromatic rings. The fraction of sp³-hybridized carbons (Fsp3) is 0.500. The molecule has 0 bridgehead atoms. The third-order valence-corrected chi connectivity index (χ3v) is 3.55. The van der Waals surface area contributed by atoms with E-state index in [0.29, 0.717) is 11.6 Å². The third kappa shape index (κ3) is 4.18. The predicted molar refractivity (Wildman–Crippen MR) is 74.0 cm³/mol. The number of nitrogens with zero attached hydrogens (tertiary/aromatic N) is 1. The Balaban J connectivity index is 1.74. The molecule has 5 heteroatoms. The topological polar surface area (TPSA) is 32.3 Å². The molecule has 0 unspecified atom stereocenters. The predicted octanol–water partition coefficient (Wildman–Crippen LogP) is 2.69. The third-order valence-electron chi connectivity index (χ3n) is 3.31. The average Bonchev–Trinajstić information content (AvgIpc) is 2.87. The van der Waals surface area contributed by atoms with Gasteiger partial charge in [-0.2, -0.15) is 0 Å². The summed E-state index contributed by atoms with van der Waals surface area (Å²) in [7, 11) is 0. The van der Waals surface area contributed by atoms with E-state index in [2.05, 4.69) is 10.2 Å². The molecule has 2 rings (SSSR count). The van der Waals surface area contributed by atoms with E-state index in [-0.39, 0.29) is 11.5 Å². The molecule has 0 atom stereocenters. The summed E-state index contributed by atoms with van der Waals surface area (Å²) in [5.74, 6) is -0.958. The van der Waals surface area contributed by atoms with Gasteiger partial charge in [0.25, 0.3) is 5.91 Å². The van der Waals surface area contributed by atoms with Crippen molar-refractivity contribution in [1.29, 1.82) is 0 Å². The summed E-state index contributed by atoms with van der Waals surface area (Å²) in [5.41, 5.74) is 0.0468. The quantitative estimate of drug-likeness (QED) is 0.843. The van der Waals surface area contributed by atoms with Crippen LogP contribution in [0.5, 0.6) is 0 Å². The summed E-state index contributed by atoms with van der Waals surface area (Å²) in [5, 5.41) is 3.03. The number of hydrogen-bond donors (Lipinski definition) is 1. The van der Waals surface area contributed by atoms with Gasteiger partial charge in [0.15, 0.2) is 0 Å². The minimum atomic E-state index is -0.579. The Kier molecular flexibility index (Phi) is 5.16. The van der Waals surface area contributed by atoms with Crippen LogP contribution in [0.4, 0.5) is 4.39 Å². The van der Waals surface area contributed by atoms with E-state index in [0.717, 1.165) is 32.1 Å². The zero-order valence-corrected chi connectivity index (χ0v) is 11.5. The molecule has 1 saturated heterocycles. The van der Waals surface area contributed by atoms with E-state index < -0.39 is 5.82 Å². The van der Waals surface area contributed by atoms with Crippen molar-refractivity contribution in [1.82, 2.24) is 10.2 Å². The van der Waals surface area contributed by atoms with Crippen LogP contribution in [0.1, 0.15) is 29.6 Å². The molecule has 0 spiro atoms. The number of carbonyl (C=O) groups is 1. The lowest BCUT2D eigenvalue weighted by molar-refractivity contribution is 0.0948. The van der Waals surface area contributed by atoms with E-state index in [4.69, 9.17) is 11.6 Å². The second kappa shape index (κ2) is 6.87. The van der Waals surface area contributed by atoms with Gasteiger partial charge in [0.1, 0.15) is 5.82 Å². The van der Waals surface area contributed by atoms with Crippen molar-refractivity contribution in [3.05, 3.63) is 34.6 Å². The summed E-state index contributed by atoms with van der Waals surface area (Å²) in [6.07, 6.45) is 3.42. The number of rotatable bonds is 5. The van der Waals surface area contributed by atoms with Gasteiger partial charge >= 0.3 is 0 Å². The first-order valence-corrected chi connectivity index (χ1v) is 7.00. The van der Waals surface area contributed by atoms with Gasteiger partial charge in [0, 0.05) is 11.6 Å². The van der Waals surface area contributed by atoms with Crippen molar-refractivity contribution in [3.63, 3.8) is 0 Å². The minimum Gasteiger partial charge on any atom is -0.352 e. The van der Waals surface area contributed by atoms with E-state index >= 15 is 0 Å². The summed E-state index contributed by atoms with van der Waals surface area (Å²) >= 11 is 5.64. The molecule has 1 amide bonds.